The molecule has 0 atom stereocenters. The number of rotatable bonds is 25. The molecular formula is C40H56Br2S4. The van der Waals surface area contributed by atoms with Crippen LogP contribution in [-0.2, 0) is 12.8 Å². The van der Waals surface area contributed by atoms with E-state index in [0.717, 1.165) is 0 Å². The highest BCUT2D eigenvalue weighted by atomic mass is 79.9. The third kappa shape index (κ3) is 13.2. The number of halogens is 2. The molecule has 0 amide bonds. The van der Waals surface area contributed by atoms with Crippen molar-refractivity contribution in [1.82, 2.24) is 0 Å². The van der Waals surface area contributed by atoms with Gasteiger partial charge in [-0.15, -0.1) is 45.3 Å². The molecule has 0 radical (unpaired) electrons. The zero-order valence-electron chi connectivity index (χ0n) is 28.4. The van der Waals surface area contributed by atoms with E-state index in [4.69, 9.17) is 0 Å². The maximum absolute atomic E-state index is 3.73. The lowest BCUT2D eigenvalue weighted by Gasteiger charge is -2.04. The fourth-order valence-electron chi connectivity index (χ4n) is 6.37. The Morgan fingerprint density at radius 3 is 1.02 bits per heavy atom. The maximum atomic E-state index is 3.73. The van der Waals surface area contributed by atoms with Gasteiger partial charge in [0.2, 0.25) is 0 Å². The van der Waals surface area contributed by atoms with Crippen molar-refractivity contribution in [2.75, 3.05) is 0 Å². The quantitative estimate of drug-likeness (QED) is 0.0584. The smallest absolute Gasteiger partial charge is 0.0705 e. The summed E-state index contributed by atoms with van der Waals surface area (Å²) in [4.78, 5) is 8.72. The van der Waals surface area contributed by atoms with E-state index in [1.165, 1.54) is 178 Å². The van der Waals surface area contributed by atoms with Crippen molar-refractivity contribution < 1.29 is 0 Å². The zero-order chi connectivity index (χ0) is 32.4. The van der Waals surface area contributed by atoms with Gasteiger partial charge in [0.15, 0.2) is 0 Å². The second kappa shape index (κ2) is 22.5. The molecule has 4 heterocycles. The minimum Gasteiger partial charge on any atom is -0.133 e. The minimum atomic E-state index is 1.19. The summed E-state index contributed by atoms with van der Waals surface area (Å²) >= 11 is 15.3. The number of hydrogen-bond donors (Lipinski definition) is 0. The molecule has 4 aromatic heterocycles. The van der Waals surface area contributed by atoms with Crippen LogP contribution in [0.1, 0.15) is 153 Å². The molecule has 0 spiro atoms. The van der Waals surface area contributed by atoms with Crippen LogP contribution >= 0.6 is 77.2 Å². The Bertz CT molecular complexity index is 1270. The van der Waals surface area contributed by atoms with Crippen LogP contribution in [-0.4, -0.2) is 0 Å². The van der Waals surface area contributed by atoms with Gasteiger partial charge < -0.3 is 0 Å². The molecule has 6 heteroatoms. The Morgan fingerprint density at radius 1 is 0.391 bits per heavy atom. The standard InChI is InChI=1S/C40H56Br2S4/c1-3-5-7-9-11-13-15-17-19-21-23-31-29-35(45-39(31)33-25-27-37(41)43-33)36-30-32(40(46-36)34-26-28-38(42)44-34)24-22-20-18-16-14-12-10-8-6-4-2/h25-30H,3-24H2,1-2H3. The van der Waals surface area contributed by atoms with Crippen LogP contribution < -0.4 is 0 Å². The molecule has 0 N–H and O–H groups in total. The summed E-state index contributed by atoms with van der Waals surface area (Å²) < 4.78 is 2.45. The SMILES string of the molecule is CCCCCCCCCCCCc1cc(-c2cc(CCCCCCCCCCCC)c(-c3ccc(Br)s3)s2)sc1-c1ccc(Br)s1. The van der Waals surface area contributed by atoms with Crippen molar-refractivity contribution >= 4 is 77.2 Å². The first-order valence-electron chi connectivity index (χ1n) is 18.4. The molecule has 0 aliphatic carbocycles. The Hall–Kier alpha value is -0.240. The second-order valence-electron chi connectivity index (χ2n) is 13.0. The largest absolute Gasteiger partial charge is 0.133 e. The Labute approximate surface area is 314 Å². The summed E-state index contributed by atoms with van der Waals surface area (Å²) in [6, 6.07) is 14.1. The first-order chi connectivity index (χ1) is 22.6. The Balaban J connectivity index is 1.38. The molecule has 0 unspecified atom stereocenters. The van der Waals surface area contributed by atoms with E-state index in [9.17, 15) is 0 Å². The summed E-state index contributed by atoms with van der Waals surface area (Å²) in [5.41, 5.74) is 3.11. The summed E-state index contributed by atoms with van der Waals surface area (Å²) in [5.74, 6) is 0. The van der Waals surface area contributed by atoms with E-state index < -0.39 is 0 Å². The van der Waals surface area contributed by atoms with Gasteiger partial charge in [-0.3, -0.25) is 0 Å². The average Bonchev–Trinajstić information content (AvgIpc) is 3.86. The third-order valence-electron chi connectivity index (χ3n) is 9.05. The van der Waals surface area contributed by atoms with Crippen molar-refractivity contribution in [3.63, 3.8) is 0 Å². The molecule has 4 rings (SSSR count). The topological polar surface area (TPSA) is 0 Å². The van der Waals surface area contributed by atoms with Crippen LogP contribution in [0.3, 0.4) is 0 Å². The fraction of sp³-hybridized carbons (Fsp3) is 0.600. The van der Waals surface area contributed by atoms with Gasteiger partial charge in [0.25, 0.3) is 0 Å². The lowest BCUT2D eigenvalue weighted by molar-refractivity contribution is 0.556. The van der Waals surface area contributed by atoms with Crippen molar-refractivity contribution in [2.45, 2.75) is 155 Å². The van der Waals surface area contributed by atoms with Gasteiger partial charge in [0.1, 0.15) is 0 Å². The van der Waals surface area contributed by atoms with Gasteiger partial charge in [-0.05, 0) is 105 Å². The highest BCUT2D eigenvalue weighted by molar-refractivity contribution is 9.11. The normalized spacial score (nSPS) is 11.7. The van der Waals surface area contributed by atoms with E-state index in [1.54, 1.807) is 11.1 Å². The Kier molecular flexibility index (Phi) is 18.8. The molecule has 0 aliphatic heterocycles. The molecule has 0 aliphatic rings. The number of hydrogen-bond acceptors (Lipinski definition) is 4. The van der Waals surface area contributed by atoms with Crippen molar-refractivity contribution in [3.05, 3.63) is 55.1 Å². The molecule has 0 saturated carbocycles. The first-order valence-corrected chi connectivity index (χ1v) is 23.2. The minimum absolute atomic E-state index is 1.19. The molecule has 0 aromatic carbocycles. The highest BCUT2D eigenvalue weighted by Crippen LogP contribution is 2.48. The first kappa shape index (κ1) is 38.6. The highest BCUT2D eigenvalue weighted by Gasteiger charge is 2.19. The van der Waals surface area contributed by atoms with E-state index in [2.05, 4.69) is 82.1 Å². The molecule has 0 nitrogen and oxygen atoms in total. The van der Waals surface area contributed by atoms with Gasteiger partial charge in [0.05, 0.1) is 7.57 Å². The average molecular weight is 825 g/mol. The number of unbranched alkanes of at least 4 members (excludes halogenated alkanes) is 18. The van der Waals surface area contributed by atoms with E-state index in [0.29, 0.717) is 0 Å². The predicted octanol–water partition coefficient (Wildman–Crippen LogP) is 17.4. The van der Waals surface area contributed by atoms with E-state index in [1.807, 2.05) is 45.3 Å². The fourth-order valence-corrected chi connectivity index (χ4v) is 11.9. The van der Waals surface area contributed by atoms with Crippen LogP contribution in [0, 0.1) is 0 Å². The zero-order valence-corrected chi connectivity index (χ0v) is 34.8. The molecule has 4 aromatic rings. The van der Waals surface area contributed by atoms with Gasteiger partial charge in [-0.25, -0.2) is 0 Å². The summed E-state index contributed by atoms with van der Waals surface area (Å²) in [6.07, 6.45) is 30.2. The maximum Gasteiger partial charge on any atom is 0.0705 e. The van der Waals surface area contributed by atoms with Crippen LogP contribution in [0.5, 0.6) is 0 Å². The monoisotopic (exact) mass is 822 g/mol. The lowest BCUT2D eigenvalue weighted by Crippen LogP contribution is -1.87. The molecule has 0 bridgehead atoms. The van der Waals surface area contributed by atoms with Crippen molar-refractivity contribution in [3.8, 4) is 29.3 Å². The van der Waals surface area contributed by atoms with Crippen LogP contribution in [0.4, 0.5) is 0 Å². The Morgan fingerprint density at radius 2 is 0.717 bits per heavy atom. The van der Waals surface area contributed by atoms with Crippen LogP contribution in [0.25, 0.3) is 29.3 Å². The summed E-state index contributed by atoms with van der Waals surface area (Å²) in [7, 11) is 0. The van der Waals surface area contributed by atoms with Crippen LogP contribution in [0.15, 0.2) is 44.0 Å². The van der Waals surface area contributed by atoms with E-state index in [-0.39, 0.29) is 0 Å². The van der Waals surface area contributed by atoms with Gasteiger partial charge in [-0.2, -0.15) is 0 Å². The van der Waals surface area contributed by atoms with Crippen molar-refractivity contribution in [1.29, 1.82) is 0 Å². The van der Waals surface area contributed by atoms with Gasteiger partial charge >= 0.3 is 0 Å². The molecule has 0 saturated heterocycles. The lowest BCUT2D eigenvalue weighted by atomic mass is 10.0. The summed E-state index contributed by atoms with van der Waals surface area (Å²) in [5, 5.41) is 0. The predicted molar refractivity (Wildman–Crippen MR) is 221 cm³/mol. The third-order valence-corrected chi connectivity index (χ3v) is 15.2. The van der Waals surface area contributed by atoms with Crippen LogP contribution in [0.2, 0.25) is 0 Å². The molecular weight excluding hydrogens is 769 g/mol. The summed E-state index contributed by atoms with van der Waals surface area (Å²) in [6.45, 7) is 4.61. The molecule has 0 fully saturated rings. The number of aryl methyl sites for hydroxylation is 2. The molecule has 46 heavy (non-hydrogen) atoms. The van der Waals surface area contributed by atoms with E-state index >= 15 is 0 Å². The van der Waals surface area contributed by atoms with Crippen molar-refractivity contribution in [2.24, 2.45) is 0 Å². The van der Waals surface area contributed by atoms with Gasteiger partial charge in [-0.1, -0.05) is 129 Å². The van der Waals surface area contributed by atoms with Gasteiger partial charge in [0, 0.05) is 29.3 Å². The number of thiophene rings is 4. The second-order valence-corrected chi connectivity index (χ2v) is 20.0. The molecule has 254 valence electrons.